The Morgan fingerprint density at radius 3 is 2.80 bits per heavy atom. The maximum absolute atomic E-state index is 12.2. The predicted molar refractivity (Wildman–Crippen MR) is 88.9 cm³/mol. The molecule has 0 unspecified atom stereocenters. The molecule has 0 spiro atoms. The molecule has 0 aromatic heterocycles. The highest BCUT2D eigenvalue weighted by Crippen LogP contribution is 2.37. The molecule has 10 heteroatoms. The molecular weight excluding hydrogens is 350 g/mol. The molecule has 1 aromatic carbocycles. The SMILES string of the molecule is CS(=O)(=O)NCCNC(=O)[C@@H]1CC(=O)N(c2ccc3c(c2)OCO3)C1. The van der Waals surface area contributed by atoms with Gasteiger partial charge >= 0.3 is 0 Å². The molecule has 0 bridgehead atoms. The minimum absolute atomic E-state index is 0.108. The fraction of sp³-hybridized carbons (Fsp3) is 0.467. The van der Waals surface area contributed by atoms with E-state index in [0.29, 0.717) is 17.2 Å². The van der Waals surface area contributed by atoms with Crippen molar-refractivity contribution in [3.8, 4) is 11.5 Å². The van der Waals surface area contributed by atoms with E-state index in [4.69, 9.17) is 9.47 Å². The van der Waals surface area contributed by atoms with Crippen LogP contribution in [0.25, 0.3) is 0 Å². The van der Waals surface area contributed by atoms with Crippen LogP contribution >= 0.6 is 0 Å². The second-order valence-corrected chi connectivity index (χ2v) is 7.73. The number of carbonyl (C=O) groups excluding carboxylic acids is 2. The molecule has 2 N–H and O–H groups in total. The van der Waals surface area contributed by atoms with Gasteiger partial charge < -0.3 is 19.7 Å². The van der Waals surface area contributed by atoms with Crippen molar-refractivity contribution in [2.75, 3.05) is 37.6 Å². The highest BCUT2D eigenvalue weighted by molar-refractivity contribution is 7.88. The van der Waals surface area contributed by atoms with Gasteiger partial charge in [0.2, 0.25) is 28.6 Å². The molecule has 2 aliphatic heterocycles. The van der Waals surface area contributed by atoms with Crippen molar-refractivity contribution in [3.05, 3.63) is 18.2 Å². The van der Waals surface area contributed by atoms with Crippen LogP contribution in [0.1, 0.15) is 6.42 Å². The fourth-order valence-electron chi connectivity index (χ4n) is 2.75. The smallest absolute Gasteiger partial charge is 0.231 e. The zero-order chi connectivity index (χ0) is 18.0. The van der Waals surface area contributed by atoms with Crippen molar-refractivity contribution in [1.82, 2.24) is 10.0 Å². The number of anilines is 1. The number of rotatable bonds is 6. The van der Waals surface area contributed by atoms with Gasteiger partial charge in [0.1, 0.15) is 0 Å². The van der Waals surface area contributed by atoms with Gasteiger partial charge in [-0.3, -0.25) is 9.59 Å². The van der Waals surface area contributed by atoms with Gasteiger partial charge in [0.05, 0.1) is 12.2 Å². The van der Waals surface area contributed by atoms with Crippen molar-refractivity contribution in [1.29, 1.82) is 0 Å². The van der Waals surface area contributed by atoms with Crippen LogP contribution in [0.4, 0.5) is 5.69 Å². The van der Waals surface area contributed by atoms with E-state index in [1.165, 1.54) is 0 Å². The van der Waals surface area contributed by atoms with Crippen molar-refractivity contribution in [3.63, 3.8) is 0 Å². The number of amides is 2. The van der Waals surface area contributed by atoms with E-state index < -0.39 is 15.9 Å². The zero-order valence-electron chi connectivity index (χ0n) is 13.6. The molecule has 0 aliphatic carbocycles. The summed E-state index contributed by atoms with van der Waals surface area (Å²) in [7, 11) is -3.29. The second kappa shape index (κ2) is 6.89. The van der Waals surface area contributed by atoms with Gasteiger partial charge in [-0.05, 0) is 12.1 Å². The quantitative estimate of drug-likeness (QED) is 0.650. The maximum atomic E-state index is 12.2. The van der Waals surface area contributed by atoms with E-state index in [9.17, 15) is 18.0 Å². The van der Waals surface area contributed by atoms with Gasteiger partial charge in [0, 0.05) is 37.8 Å². The standard InChI is InChI=1S/C15H19N3O6S/c1-25(21,22)17-5-4-16-15(20)10-6-14(19)18(8-10)11-2-3-12-13(7-11)24-9-23-12/h2-3,7,10,17H,4-6,8-9H2,1H3,(H,16,20)/t10-/m1/s1. The summed E-state index contributed by atoms with van der Waals surface area (Å²) < 4.78 is 34.8. The van der Waals surface area contributed by atoms with Crippen molar-refractivity contribution in [2.45, 2.75) is 6.42 Å². The number of hydrogen-bond acceptors (Lipinski definition) is 6. The summed E-state index contributed by atoms with van der Waals surface area (Å²) in [5.74, 6) is 0.310. The lowest BCUT2D eigenvalue weighted by atomic mass is 10.1. The topological polar surface area (TPSA) is 114 Å². The lowest BCUT2D eigenvalue weighted by Crippen LogP contribution is -2.38. The average Bonchev–Trinajstić information content (AvgIpc) is 3.16. The first-order valence-corrected chi connectivity index (χ1v) is 9.65. The molecular formula is C15H19N3O6S. The van der Waals surface area contributed by atoms with Crippen LogP contribution in [-0.4, -0.2) is 52.9 Å². The third-order valence-electron chi connectivity index (χ3n) is 3.95. The molecule has 2 aliphatic rings. The lowest BCUT2D eigenvalue weighted by Gasteiger charge is -2.17. The van der Waals surface area contributed by atoms with Gasteiger partial charge in [-0.2, -0.15) is 0 Å². The van der Waals surface area contributed by atoms with Gasteiger partial charge in [-0.15, -0.1) is 0 Å². The van der Waals surface area contributed by atoms with Crippen LogP contribution in [0.3, 0.4) is 0 Å². The third kappa shape index (κ3) is 4.20. The first-order valence-electron chi connectivity index (χ1n) is 7.76. The highest BCUT2D eigenvalue weighted by atomic mass is 32.2. The van der Waals surface area contributed by atoms with Gasteiger partial charge in [0.15, 0.2) is 11.5 Å². The Kier molecular flexibility index (Phi) is 4.82. The molecule has 3 rings (SSSR count). The Bertz CT molecular complexity index is 794. The molecule has 136 valence electrons. The number of ether oxygens (including phenoxy) is 2. The van der Waals surface area contributed by atoms with E-state index in [2.05, 4.69) is 10.0 Å². The largest absolute Gasteiger partial charge is 0.454 e. The molecule has 1 saturated heterocycles. The summed E-state index contributed by atoms with van der Waals surface area (Å²) in [5.41, 5.74) is 0.656. The minimum atomic E-state index is -3.29. The van der Waals surface area contributed by atoms with E-state index in [1.807, 2.05) is 0 Å². The van der Waals surface area contributed by atoms with Gasteiger partial charge in [0.25, 0.3) is 0 Å². The summed E-state index contributed by atoms with van der Waals surface area (Å²) in [6.45, 7) is 0.695. The Morgan fingerprint density at radius 1 is 1.28 bits per heavy atom. The zero-order valence-corrected chi connectivity index (χ0v) is 14.5. The molecule has 9 nitrogen and oxygen atoms in total. The predicted octanol–water partition coefficient (Wildman–Crippen LogP) is -0.566. The molecule has 0 saturated carbocycles. The van der Waals surface area contributed by atoms with E-state index in [0.717, 1.165) is 6.26 Å². The van der Waals surface area contributed by atoms with Crippen LogP contribution < -0.4 is 24.4 Å². The van der Waals surface area contributed by atoms with Gasteiger partial charge in [-0.1, -0.05) is 0 Å². The molecule has 25 heavy (non-hydrogen) atoms. The number of sulfonamides is 1. The van der Waals surface area contributed by atoms with Crippen molar-refractivity contribution < 1.29 is 27.5 Å². The highest BCUT2D eigenvalue weighted by Gasteiger charge is 2.35. The Morgan fingerprint density at radius 2 is 2.04 bits per heavy atom. The summed E-state index contributed by atoms with van der Waals surface area (Å²) in [4.78, 5) is 25.9. The van der Waals surface area contributed by atoms with E-state index in [-0.39, 0.29) is 44.7 Å². The van der Waals surface area contributed by atoms with Crippen molar-refractivity contribution in [2.24, 2.45) is 5.92 Å². The fourth-order valence-corrected chi connectivity index (χ4v) is 3.23. The number of nitrogens with one attached hydrogen (secondary N) is 2. The normalized spacial score (nSPS) is 19.3. The lowest BCUT2D eigenvalue weighted by molar-refractivity contribution is -0.126. The molecule has 2 heterocycles. The first-order chi connectivity index (χ1) is 11.8. The molecule has 2 amide bonds. The van der Waals surface area contributed by atoms with Crippen LogP contribution in [0.2, 0.25) is 0 Å². The van der Waals surface area contributed by atoms with Crippen molar-refractivity contribution >= 4 is 27.5 Å². The molecule has 1 fully saturated rings. The third-order valence-corrected chi connectivity index (χ3v) is 4.68. The van der Waals surface area contributed by atoms with Crippen LogP contribution in [0.15, 0.2) is 18.2 Å². The Hall–Kier alpha value is -2.33. The second-order valence-electron chi connectivity index (χ2n) is 5.90. The van der Waals surface area contributed by atoms with Crippen LogP contribution in [0.5, 0.6) is 11.5 Å². The monoisotopic (exact) mass is 369 g/mol. The summed E-state index contributed by atoms with van der Waals surface area (Å²) in [6, 6.07) is 5.20. The minimum Gasteiger partial charge on any atom is -0.454 e. The Balaban J connectivity index is 1.56. The van der Waals surface area contributed by atoms with E-state index >= 15 is 0 Å². The summed E-state index contributed by atoms with van der Waals surface area (Å²) >= 11 is 0. The number of nitrogens with zero attached hydrogens (tertiary/aromatic N) is 1. The van der Waals surface area contributed by atoms with Crippen LogP contribution in [-0.2, 0) is 19.6 Å². The number of benzene rings is 1. The van der Waals surface area contributed by atoms with Gasteiger partial charge in [-0.25, -0.2) is 13.1 Å². The molecule has 0 radical (unpaired) electrons. The summed E-state index contributed by atoms with van der Waals surface area (Å²) in [6.07, 6.45) is 1.16. The Labute approximate surface area is 145 Å². The maximum Gasteiger partial charge on any atom is 0.231 e. The number of fused-ring (bicyclic) bond motifs is 1. The molecule has 1 aromatic rings. The molecule has 1 atom stereocenters. The van der Waals surface area contributed by atoms with Crippen LogP contribution in [0, 0.1) is 5.92 Å². The first kappa shape index (κ1) is 17.5. The average molecular weight is 369 g/mol. The number of carbonyl (C=O) groups is 2. The summed E-state index contributed by atoms with van der Waals surface area (Å²) in [5, 5.41) is 2.64. The number of hydrogen-bond donors (Lipinski definition) is 2. The van der Waals surface area contributed by atoms with E-state index in [1.54, 1.807) is 23.1 Å².